The van der Waals surface area contributed by atoms with E-state index in [9.17, 15) is 47.3 Å². The van der Waals surface area contributed by atoms with Crippen molar-refractivity contribution in [1.82, 2.24) is 15.6 Å². The molecule has 4 atom stereocenters. The predicted octanol–water partition coefficient (Wildman–Crippen LogP) is 11.5. The van der Waals surface area contributed by atoms with Crippen molar-refractivity contribution in [1.29, 1.82) is 0 Å². The molecular formula is C56H92ClFN3O15P. The Labute approximate surface area is 462 Å². The molecule has 0 aliphatic heterocycles. The van der Waals surface area contributed by atoms with Gasteiger partial charge in [0.15, 0.2) is 5.78 Å². The quantitative estimate of drug-likeness (QED) is 0.0163. The summed E-state index contributed by atoms with van der Waals surface area (Å²) in [6.07, 6.45) is 5.50. The average Bonchev–Trinajstić information content (AvgIpc) is 3.25. The first-order valence-corrected chi connectivity index (χ1v) is 29.1. The minimum atomic E-state index is -4.11. The number of Topliss-reactive ketones (excluding diaryl/α,β-unsaturated/α-hetero) is 2. The van der Waals surface area contributed by atoms with Crippen LogP contribution in [0.2, 0.25) is 5.02 Å². The van der Waals surface area contributed by atoms with Gasteiger partial charge in [-0.25, -0.2) is 9.78 Å². The summed E-state index contributed by atoms with van der Waals surface area (Å²) in [4.78, 5) is 108. The molecule has 0 aromatic carbocycles. The Bertz CT molecular complexity index is 2150. The number of hydrogen-bond donors (Lipinski definition) is 2. The highest BCUT2D eigenvalue weighted by Gasteiger charge is 2.39. The molecule has 18 nitrogen and oxygen atoms in total. The first-order chi connectivity index (χ1) is 35.3. The maximum atomic E-state index is 14.5. The Hall–Kier alpha value is -4.32. The van der Waals surface area contributed by atoms with Gasteiger partial charge in [0.2, 0.25) is 17.8 Å². The standard InChI is InChI=1S/C56H92ClFN3O15P/c1-52(2,3)72-47(66)31-29-39(50(68)74-54(7,8)9)37-77(70,76-56(13,14)15)71-33-23-25-43(51(69)75-55(10,11)12)61-46(65)30-28-38(49(67)73-53(4,5)6)34-41(62)24-19-18-22-32-59-45(64)27-21-17-16-20-26-44(63)40-35-42(57)48(58)60-36-40/h35-36,38-39,43H,16-34,37H2,1-15H3,(H,59,64)(H,61,65)/t38-,39-,43+,77?/m1/s1/i58-1. The zero-order valence-corrected chi connectivity index (χ0v) is 50.5. The molecule has 0 radical (unpaired) electrons. The van der Waals surface area contributed by atoms with Crippen LogP contribution in [0.3, 0.4) is 0 Å². The zero-order chi connectivity index (χ0) is 59.0. The third kappa shape index (κ3) is 35.0. The van der Waals surface area contributed by atoms with Gasteiger partial charge >= 0.3 is 31.5 Å². The van der Waals surface area contributed by atoms with Crippen LogP contribution < -0.4 is 10.6 Å². The van der Waals surface area contributed by atoms with E-state index < -0.39 is 95.4 Å². The van der Waals surface area contributed by atoms with Gasteiger partial charge in [0.25, 0.3) is 0 Å². The number of aromatic nitrogens is 1. The number of halogens is 2. The third-order valence-corrected chi connectivity index (χ3v) is 13.3. The van der Waals surface area contributed by atoms with Crippen molar-refractivity contribution in [2.45, 2.75) is 247 Å². The van der Waals surface area contributed by atoms with Crippen LogP contribution >= 0.6 is 19.2 Å². The molecule has 2 N–H and O–H groups in total. The van der Waals surface area contributed by atoms with E-state index in [1.807, 2.05) is 0 Å². The average molecular weight is 1130 g/mol. The van der Waals surface area contributed by atoms with Gasteiger partial charge in [0, 0.05) is 56.8 Å². The van der Waals surface area contributed by atoms with Crippen LogP contribution in [0.15, 0.2) is 12.3 Å². The third-order valence-electron chi connectivity index (χ3n) is 10.7. The van der Waals surface area contributed by atoms with Crippen molar-refractivity contribution in [3.63, 3.8) is 0 Å². The fraction of sp³-hybridized carbons (Fsp3) is 0.768. The predicted molar refractivity (Wildman–Crippen MR) is 292 cm³/mol. The molecule has 1 rings (SSSR count). The molecule has 1 aromatic heterocycles. The van der Waals surface area contributed by atoms with Crippen molar-refractivity contribution in [3.8, 4) is 0 Å². The second kappa shape index (κ2) is 32.7. The van der Waals surface area contributed by atoms with E-state index >= 15 is 0 Å². The van der Waals surface area contributed by atoms with Crippen LogP contribution in [0.5, 0.6) is 0 Å². The summed E-state index contributed by atoms with van der Waals surface area (Å²) in [5.41, 5.74) is -4.17. The Morgan fingerprint density at radius 3 is 1.68 bits per heavy atom. The summed E-state index contributed by atoms with van der Waals surface area (Å²) >= 11 is 5.72. The fourth-order valence-corrected chi connectivity index (χ4v) is 10.0. The van der Waals surface area contributed by atoms with Gasteiger partial charge < -0.3 is 38.6 Å². The monoisotopic (exact) mass is 1130 g/mol. The second-order valence-corrected chi connectivity index (χ2v) is 26.9. The number of pyridine rings is 1. The molecule has 1 heterocycles. The second-order valence-electron chi connectivity index (χ2n) is 24.5. The molecule has 2 amide bonds. The molecule has 1 unspecified atom stereocenters. The lowest BCUT2D eigenvalue weighted by atomic mass is 9.94. The van der Waals surface area contributed by atoms with Gasteiger partial charge in [-0.15, -0.1) is 0 Å². The van der Waals surface area contributed by atoms with Gasteiger partial charge in [0.1, 0.15) is 34.2 Å². The van der Waals surface area contributed by atoms with E-state index in [1.54, 1.807) is 104 Å². The highest BCUT2D eigenvalue weighted by Crippen LogP contribution is 2.54. The molecule has 0 aliphatic rings. The number of carbonyl (C=O) groups is 8. The van der Waals surface area contributed by atoms with Gasteiger partial charge in [0.05, 0.1) is 35.2 Å². The minimum Gasteiger partial charge on any atom is -0.460 e. The summed E-state index contributed by atoms with van der Waals surface area (Å²) in [6, 6.07) is 0.0787. The van der Waals surface area contributed by atoms with E-state index in [-0.39, 0.29) is 92.5 Å². The molecule has 0 saturated carbocycles. The van der Waals surface area contributed by atoms with E-state index in [2.05, 4.69) is 15.6 Å². The molecule has 440 valence electrons. The zero-order valence-electron chi connectivity index (χ0n) is 48.8. The lowest BCUT2D eigenvalue weighted by Gasteiger charge is -2.30. The van der Waals surface area contributed by atoms with Crippen LogP contribution in [-0.2, 0) is 66.1 Å². The van der Waals surface area contributed by atoms with E-state index in [4.69, 9.17) is 39.6 Å². The highest BCUT2D eigenvalue weighted by atomic mass is 35.5. The fourth-order valence-electron chi connectivity index (χ4n) is 7.49. The number of nitrogens with one attached hydrogen (secondary N) is 2. The van der Waals surface area contributed by atoms with Gasteiger partial charge in [-0.05, 0) is 161 Å². The van der Waals surface area contributed by atoms with E-state index in [1.165, 1.54) is 12.3 Å². The number of ketones is 2. The van der Waals surface area contributed by atoms with Crippen molar-refractivity contribution in [2.24, 2.45) is 11.8 Å². The largest absolute Gasteiger partial charge is 0.460 e. The number of amides is 2. The number of carbonyl (C=O) groups excluding carboxylic acids is 8. The maximum absolute atomic E-state index is 14.5. The molecular weight excluding hydrogens is 1040 g/mol. The van der Waals surface area contributed by atoms with Crippen molar-refractivity contribution in [2.75, 3.05) is 19.3 Å². The van der Waals surface area contributed by atoms with Crippen molar-refractivity contribution >= 4 is 66.5 Å². The number of hydrogen-bond acceptors (Lipinski definition) is 16. The smallest absolute Gasteiger partial charge is 0.332 e. The summed E-state index contributed by atoms with van der Waals surface area (Å²) in [5, 5.41) is 5.40. The summed E-state index contributed by atoms with van der Waals surface area (Å²) < 4.78 is 62.0. The summed E-state index contributed by atoms with van der Waals surface area (Å²) in [7, 11) is -4.11. The number of rotatable bonds is 34. The number of ether oxygens (including phenoxy) is 4. The first-order valence-electron chi connectivity index (χ1n) is 27.0. The Morgan fingerprint density at radius 1 is 0.597 bits per heavy atom. The lowest BCUT2D eigenvalue weighted by molar-refractivity contribution is -0.162. The van der Waals surface area contributed by atoms with E-state index in [0.717, 1.165) is 12.8 Å². The molecule has 0 bridgehead atoms. The highest BCUT2D eigenvalue weighted by molar-refractivity contribution is 7.53. The van der Waals surface area contributed by atoms with Crippen molar-refractivity contribution < 1.29 is 75.3 Å². The van der Waals surface area contributed by atoms with Gasteiger partial charge in [-0.3, -0.25) is 38.1 Å². The molecule has 0 spiro atoms. The molecule has 0 saturated heterocycles. The maximum Gasteiger partial charge on any atom is 0.332 e. The minimum absolute atomic E-state index is 0.0244. The van der Waals surface area contributed by atoms with Crippen LogP contribution in [0.4, 0.5) is 4.39 Å². The summed E-state index contributed by atoms with van der Waals surface area (Å²) in [5.74, 6) is -6.50. The molecule has 0 aliphatic carbocycles. The molecule has 77 heavy (non-hydrogen) atoms. The topological polar surface area (TPSA) is 246 Å². The SMILES string of the molecule is CC(C)(C)OC(=O)CC[C@H](CP(=O)(OCCC[C@H](NC(=O)CC[C@H](CC(=O)CCCCCNC(=O)CCCCCCC(=O)c1cnc([18F])c(Cl)c1)C(=O)OC(C)(C)C)C(=O)OC(C)(C)C)OC(C)(C)C)C(=O)OC(C)(C)C. The van der Waals surface area contributed by atoms with Crippen LogP contribution in [0.1, 0.15) is 223 Å². The van der Waals surface area contributed by atoms with Crippen LogP contribution in [0.25, 0.3) is 0 Å². The lowest BCUT2D eigenvalue weighted by Crippen LogP contribution is -2.44. The molecule has 0 fully saturated rings. The summed E-state index contributed by atoms with van der Waals surface area (Å²) in [6.45, 7) is 25.6. The van der Waals surface area contributed by atoms with Crippen LogP contribution in [-0.4, -0.2) is 106 Å². The van der Waals surface area contributed by atoms with Gasteiger partial charge in [-0.1, -0.05) is 30.9 Å². The van der Waals surface area contributed by atoms with Crippen molar-refractivity contribution in [3.05, 3.63) is 28.8 Å². The molecule has 1 aromatic rings. The Balaban J connectivity index is 2.88. The van der Waals surface area contributed by atoms with Gasteiger partial charge in [-0.2, -0.15) is 4.39 Å². The molecule has 21 heteroatoms. The Morgan fingerprint density at radius 2 is 1.12 bits per heavy atom. The van der Waals surface area contributed by atoms with Crippen LogP contribution in [0, 0.1) is 17.8 Å². The number of unbranched alkanes of at least 4 members (excludes halogenated alkanes) is 5. The normalized spacial score (nSPS) is 14.3. The van der Waals surface area contributed by atoms with E-state index in [0.29, 0.717) is 45.1 Å². The number of esters is 4. The first kappa shape index (κ1) is 70.7. The number of nitrogens with zero attached hydrogens (tertiary/aromatic N) is 1. The Kier molecular flexibility index (Phi) is 30.0.